The van der Waals surface area contributed by atoms with Gasteiger partial charge in [-0.05, 0) is 18.2 Å². The number of nitro groups is 1. The third kappa shape index (κ3) is 4.53. The molecular weight excluding hydrogens is 358 g/mol. The molecule has 0 aliphatic heterocycles. The summed E-state index contributed by atoms with van der Waals surface area (Å²) in [4.78, 5) is 30.3. The van der Waals surface area contributed by atoms with Crippen LogP contribution in [0.15, 0.2) is 24.3 Å². The quantitative estimate of drug-likeness (QED) is 0.304. The molecule has 0 spiro atoms. The number of nitrogens with zero attached hydrogens (tertiary/aromatic N) is 1. The van der Waals surface area contributed by atoms with Crippen molar-refractivity contribution in [2.45, 2.75) is 0 Å². The van der Waals surface area contributed by atoms with Gasteiger partial charge in [0.1, 0.15) is 17.3 Å². The molecule has 12 heteroatoms. The van der Waals surface area contributed by atoms with Gasteiger partial charge in [-0.3, -0.25) is 10.1 Å². The summed E-state index contributed by atoms with van der Waals surface area (Å²) < 4.78 is 25.3. The molecule has 0 aliphatic carbocycles. The van der Waals surface area contributed by atoms with E-state index in [1.165, 1.54) is 0 Å². The molecule has 0 fully saturated rings. The minimum Gasteiger partial charge on any atom is -0.478 e. The Balaban J connectivity index is 0.000000488. The van der Waals surface area contributed by atoms with Crippen LogP contribution in [0, 0.1) is 21.7 Å². The van der Waals surface area contributed by atoms with Crippen molar-refractivity contribution in [2.24, 2.45) is 0 Å². The predicted molar refractivity (Wildman–Crippen MR) is 88.7 cm³/mol. The summed E-state index contributed by atoms with van der Waals surface area (Å²) in [5.74, 6) is -4.52. The SMILES string of the molecule is Nc1c(C(=O)O)cc(F)cc1[N+](=O)[O-].Nc1cc(F)cc(C(=O)O)c1N.[HH]. The summed E-state index contributed by atoms with van der Waals surface area (Å²) in [5, 5.41) is 27.4. The molecular formula is C14H14F2N4O6. The van der Waals surface area contributed by atoms with Crippen LogP contribution in [0.2, 0.25) is 0 Å². The van der Waals surface area contributed by atoms with Gasteiger partial charge in [-0.2, -0.15) is 0 Å². The van der Waals surface area contributed by atoms with E-state index in [1.54, 1.807) is 0 Å². The van der Waals surface area contributed by atoms with Gasteiger partial charge in [0.25, 0.3) is 5.69 Å². The van der Waals surface area contributed by atoms with E-state index in [4.69, 9.17) is 27.4 Å². The Morgan fingerprint density at radius 3 is 1.77 bits per heavy atom. The summed E-state index contributed by atoms with van der Waals surface area (Å²) in [6.45, 7) is 0. The van der Waals surface area contributed by atoms with Crippen LogP contribution in [-0.4, -0.2) is 27.1 Å². The number of hydrogen-bond acceptors (Lipinski definition) is 7. The number of hydrogen-bond donors (Lipinski definition) is 5. The maximum absolute atomic E-state index is 12.7. The number of carboxylic acid groups (broad SMARTS) is 2. The van der Waals surface area contributed by atoms with Crippen LogP contribution in [-0.2, 0) is 0 Å². The highest BCUT2D eigenvalue weighted by atomic mass is 19.1. The molecule has 8 N–H and O–H groups in total. The van der Waals surface area contributed by atoms with Gasteiger partial charge in [0.15, 0.2) is 0 Å². The van der Waals surface area contributed by atoms with E-state index in [2.05, 4.69) is 0 Å². The third-order valence-corrected chi connectivity index (χ3v) is 2.96. The topological polar surface area (TPSA) is 196 Å². The van der Waals surface area contributed by atoms with Crippen molar-refractivity contribution in [1.29, 1.82) is 0 Å². The largest absolute Gasteiger partial charge is 0.478 e. The highest BCUT2D eigenvalue weighted by molar-refractivity contribution is 5.97. The second-order valence-corrected chi connectivity index (χ2v) is 4.71. The molecule has 0 bridgehead atoms. The molecule has 0 aromatic heterocycles. The molecule has 0 saturated heterocycles. The van der Waals surface area contributed by atoms with E-state index < -0.39 is 45.4 Å². The molecule has 26 heavy (non-hydrogen) atoms. The van der Waals surface area contributed by atoms with Crippen LogP contribution >= 0.6 is 0 Å². The number of halogens is 2. The van der Waals surface area contributed by atoms with Crippen molar-refractivity contribution in [3.8, 4) is 0 Å². The summed E-state index contributed by atoms with van der Waals surface area (Å²) in [5.41, 5.74) is 13.3. The maximum atomic E-state index is 12.7. The van der Waals surface area contributed by atoms with E-state index >= 15 is 0 Å². The summed E-state index contributed by atoms with van der Waals surface area (Å²) >= 11 is 0. The Hall–Kier alpha value is -3.96. The van der Waals surface area contributed by atoms with Gasteiger partial charge in [-0.15, -0.1) is 0 Å². The Bertz CT molecular complexity index is 874. The van der Waals surface area contributed by atoms with Crippen molar-refractivity contribution >= 4 is 34.7 Å². The standard InChI is InChI=1S/C7H5FN2O4.C7H7FN2O2.H2/c8-3-1-4(7(11)12)6(9)5(2-3)10(13)14;8-3-1-4(7(11)12)6(10)5(9)2-3;/h1-2H,9H2,(H,11,12);1-2H,9-10H2,(H,11,12);1H. The Morgan fingerprint density at radius 2 is 1.35 bits per heavy atom. The number of nitro benzene ring substituents is 1. The second-order valence-electron chi connectivity index (χ2n) is 4.71. The molecule has 0 saturated carbocycles. The number of benzene rings is 2. The van der Waals surface area contributed by atoms with Gasteiger partial charge in [-0.25, -0.2) is 18.4 Å². The van der Waals surface area contributed by atoms with Gasteiger partial charge in [0, 0.05) is 1.43 Å². The molecule has 0 radical (unpaired) electrons. The molecule has 0 heterocycles. The highest BCUT2D eigenvalue weighted by Crippen LogP contribution is 2.26. The average molecular weight is 372 g/mol. The van der Waals surface area contributed by atoms with Gasteiger partial charge < -0.3 is 27.4 Å². The zero-order valence-corrected chi connectivity index (χ0v) is 12.8. The van der Waals surface area contributed by atoms with Crippen LogP contribution in [0.3, 0.4) is 0 Å². The fourth-order valence-corrected chi connectivity index (χ4v) is 1.75. The van der Waals surface area contributed by atoms with Crippen LogP contribution in [0.1, 0.15) is 22.1 Å². The molecule has 10 nitrogen and oxygen atoms in total. The van der Waals surface area contributed by atoms with Crippen LogP contribution in [0.4, 0.5) is 31.5 Å². The van der Waals surface area contributed by atoms with Gasteiger partial charge in [0.05, 0.1) is 33.5 Å². The minimum atomic E-state index is -1.51. The minimum absolute atomic E-state index is 0. The molecule has 2 aromatic carbocycles. The van der Waals surface area contributed by atoms with Gasteiger partial charge in [0.2, 0.25) is 0 Å². The number of nitrogens with two attached hydrogens (primary N) is 3. The monoisotopic (exact) mass is 372 g/mol. The first-order valence-electron chi connectivity index (χ1n) is 6.50. The van der Waals surface area contributed by atoms with E-state index in [-0.39, 0.29) is 18.4 Å². The van der Waals surface area contributed by atoms with E-state index in [1.807, 2.05) is 0 Å². The van der Waals surface area contributed by atoms with Crippen molar-refractivity contribution in [3.63, 3.8) is 0 Å². The number of anilines is 3. The van der Waals surface area contributed by atoms with Gasteiger partial charge >= 0.3 is 11.9 Å². The lowest BCUT2D eigenvalue weighted by Crippen LogP contribution is -2.06. The number of nitrogen functional groups attached to an aromatic ring is 3. The van der Waals surface area contributed by atoms with Crippen molar-refractivity contribution in [1.82, 2.24) is 0 Å². The van der Waals surface area contributed by atoms with Crippen LogP contribution in [0.5, 0.6) is 0 Å². The number of carboxylic acids is 2. The first kappa shape index (κ1) is 20.1. The Labute approximate surface area is 145 Å². The van der Waals surface area contributed by atoms with Crippen molar-refractivity contribution in [3.05, 3.63) is 57.1 Å². The molecule has 0 amide bonds. The second kappa shape index (κ2) is 7.74. The Kier molecular flexibility index (Phi) is 5.98. The fraction of sp³-hybridized carbons (Fsp3) is 0. The summed E-state index contributed by atoms with van der Waals surface area (Å²) in [6.07, 6.45) is 0. The van der Waals surface area contributed by atoms with Crippen molar-refractivity contribution in [2.75, 3.05) is 17.2 Å². The zero-order chi connectivity index (χ0) is 20.2. The summed E-state index contributed by atoms with van der Waals surface area (Å²) in [7, 11) is 0. The molecule has 0 unspecified atom stereocenters. The first-order chi connectivity index (χ1) is 12.0. The lowest BCUT2D eigenvalue weighted by Gasteiger charge is -2.03. The smallest absolute Gasteiger partial charge is 0.338 e. The third-order valence-electron chi connectivity index (χ3n) is 2.96. The lowest BCUT2D eigenvalue weighted by atomic mass is 10.1. The van der Waals surface area contributed by atoms with Crippen molar-refractivity contribution < 1.29 is 34.9 Å². The fourth-order valence-electron chi connectivity index (χ4n) is 1.75. The maximum Gasteiger partial charge on any atom is 0.338 e. The normalized spacial score (nSPS) is 9.77. The molecule has 140 valence electrons. The lowest BCUT2D eigenvalue weighted by molar-refractivity contribution is -0.384. The van der Waals surface area contributed by atoms with E-state index in [9.17, 15) is 28.5 Å². The Morgan fingerprint density at radius 1 is 0.923 bits per heavy atom. The molecule has 0 atom stereocenters. The molecule has 2 rings (SSSR count). The van der Waals surface area contributed by atoms with Gasteiger partial charge in [-0.1, -0.05) is 0 Å². The average Bonchev–Trinajstić information content (AvgIpc) is 2.52. The first-order valence-corrected chi connectivity index (χ1v) is 6.50. The number of carbonyl (C=O) groups is 2. The summed E-state index contributed by atoms with van der Waals surface area (Å²) in [6, 6.07) is 3.00. The van der Waals surface area contributed by atoms with Crippen LogP contribution in [0.25, 0.3) is 0 Å². The molecule has 0 aliphatic rings. The molecule has 2 aromatic rings. The predicted octanol–water partition coefficient (Wildman–Crippen LogP) is 1.95. The zero-order valence-electron chi connectivity index (χ0n) is 12.8. The number of aromatic carboxylic acids is 2. The van der Waals surface area contributed by atoms with Crippen LogP contribution < -0.4 is 17.2 Å². The van der Waals surface area contributed by atoms with E-state index in [0.29, 0.717) is 12.1 Å². The number of rotatable bonds is 3. The highest BCUT2D eigenvalue weighted by Gasteiger charge is 2.20. The van der Waals surface area contributed by atoms with E-state index in [0.717, 1.165) is 12.1 Å².